The van der Waals surface area contributed by atoms with Gasteiger partial charge in [0.1, 0.15) is 5.75 Å². The summed E-state index contributed by atoms with van der Waals surface area (Å²) in [7, 11) is 0. The first kappa shape index (κ1) is 23.1. The SMILES string of the molecule is CC(C)Oc1ccc(CCc2nc(N3CCCC3c3ccc(Cl)cc3)ncc2C(=O)O)cc1. The average Bonchev–Trinajstić information content (AvgIpc) is 3.28. The summed E-state index contributed by atoms with van der Waals surface area (Å²) in [6.07, 6.45) is 4.77. The Hall–Kier alpha value is -3.12. The number of carboxylic acid groups (broad SMARTS) is 1. The second-order valence-electron chi connectivity index (χ2n) is 8.55. The van der Waals surface area contributed by atoms with E-state index in [0.717, 1.165) is 36.3 Å². The minimum absolute atomic E-state index is 0.121. The molecule has 2 aromatic carbocycles. The zero-order chi connectivity index (χ0) is 23.4. The molecule has 0 amide bonds. The number of ether oxygens (including phenoxy) is 1. The number of hydrogen-bond acceptors (Lipinski definition) is 5. The minimum atomic E-state index is -1.01. The third-order valence-corrected chi connectivity index (χ3v) is 6.05. The van der Waals surface area contributed by atoms with Gasteiger partial charge in [0.15, 0.2) is 0 Å². The fourth-order valence-electron chi connectivity index (χ4n) is 4.22. The Balaban J connectivity index is 1.54. The number of nitrogens with zero attached hydrogens (tertiary/aromatic N) is 3. The molecule has 3 aromatic rings. The highest BCUT2D eigenvalue weighted by Gasteiger charge is 2.29. The van der Waals surface area contributed by atoms with Gasteiger partial charge in [-0.3, -0.25) is 0 Å². The van der Waals surface area contributed by atoms with Crippen molar-refractivity contribution in [1.82, 2.24) is 9.97 Å². The highest BCUT2D eigenvalue weighted by atomic mass is 35.5. The van der Waals surface area contributed by atoms with E-state index in [0.29, 0.717) is 29.5 Å². The Labute approximate surface area is 199 Å². The topological polar surface area (TPSA) is 75.5 Å². The van der Waals surface area contributed by atoms with E-state index in [1.54, 1.807) is 0 Å². The molecule has 0 saturated carbocycles. The first-order chi connectivity index (χ1) is 15.9. The van der Waals surface area contributed by atoms with Crippen molar-refractivity contribution in [3.63, 3.8) is 0 Å². The predicted octanol–water partition coefficient (Wildman–Crippen LogP) is 5.74. The number of aromatic carboxylic acids is 1. The summed E-state index contributed by atoms with van der Waals surface area (Å²) >= 11 is 6.05. The van der Waals surface area contributed by atoms with Gasteiger partial charge in [0, 0.05) is 17.8 Å². The van der Waals surface area contributed by atoms with Gasteiger partial charge in [0.2, 0.25) is 5.95 Å². The molecule has 1 aliphatic heterocycles. The Kier molecular flexibility index (Phi) is 7.14. The minimum Gasteiger partial charge on any atom is -0.491 e. The maximum absolute atomic E-state index is 11.8. The largest absolute Gasteiger partial charge is 0.491 e. The van der Waals surface area contributed by atoms with E-state index in [-0.39, 0.29) is 17.7 Å². The first-order valence-electron chi connectivity index (χ1n) is 11.3. The lowest BCUT2D eigenvalue weighted by Crippen LogP contribution is -2.25. The zero-order valence-electron chi connectivity index (χ0n) is 18.9. The van der Waals surface area contributed by atoms with Crippen molar-refractivity contribution in [1.29, 1.82) is 0 Å². The lowest BCUT2D eigenvalue weighted by atomic mass is 10.0. The van der Waals surface area contributed by atoms with Gasteiger partial charge >= 0.3 is 5.97 Å². The van der Waals surface area contributed by atoms with Crippen LogP contribution in [0.15, 0.2) is 54.7 Å². The molecule has 2 heterocycles. The highest BCUT2D eigenvalue weighted by Crippen LogP contribution is 2.35. The summed E-state index contributed by atoms with van der Waals surface area (Å²) in [5, 5.41) is 10.4. The molecule has 0 aliphatic carbocycles. The van der Waals surface area contributed by atoms with Gasteiger partial charge in [-0.25, -0.2) is 14.8 Å². The van der Waals surface area contributed by atoms with E-state index in [1.807, 2.05) is 62.4 Å². The highest BCUT2D eigenvalue weighted by molar-refractivity contribution is 6.30. The fraction of sp³-hybridized carbons (Fsp3) is 0.346. The first-order valence-corrected chi connectivity index (χ1v) is 11.7. The Bertz CT molecular complexity index is 1100. The van der Waals surface area contributed by atoms with E-state index in [1.165, 1.54) is 6.20 Å². The smallest absolute Gasteiger partial charge is 0.339 e. The number of benzene rings is 2. The van der Waals surface area contributed by atoms with Crippen LogP contribution in [0.1, 0.15) is 59.9 Å². The fourth-order valence-corrected chi connectivity index (χ4v) is 4.35. The third kappa shape index (κ3) is 5.63. The van der Waals surface area contributed by atoms with Gasteiger partial charge < -0.3 is 14.7 Å². The van der Waals surface area contributed by atoms with E-state index < -0.39 is 5.97 Å². The van der Waals surface area contributed by atoms with Crippen LogP contribution in [0.25, 0.3) is 0 Å². The molecular formula is C26H28ClN3O3. The zero-order valence-corrected chi connectivity index (χ0v) is 19.6. The summed E-state index contributed by atoms with van der Waals surface area (Å²) in [5.74, 6) is 0.396. The van der Waals surface area contributed by atoms with Gasteiger partial charge in [-0.2, -0.15) is 0 Å². The summed E-state index contributed by atoms with van der Waals surface area (Å²) < 4.78 is 5.70. The summed E-state index contributed by atoms with van der Waals surface area (Å²) in [6, 6.07) is 15.9. The number of aromatic nitrogens is 2. The van der Waals surface area contributed by atoms with Crippen molar-refractivity contribution in [3.8, 4) is 5.75 Å². The van der Waals surface area contributed by atoms with Gasteiger partial charge in [0.05, 0.1) is 23.4 Å². The molecule has 33 heavy (non-hydrogen) atoms. The lowest BCUT2D eigenvalue weighted by molar-refractivity contribution is 0.0694. The van der Waals surface area contributed by atoms with Crippen molar-refractivity contribution in [2.75, 3.05) is 11.4 Å². The number of carboxylic acids is 1. The normalized spacial score (nSPS) is 15.8. The van der Waals surface area contributed by atoms with Crippen LogP contribution in [0.3, 0.4) is 0 Å². The van der Waals surface area contributed by atoms with E-state index >= 15 is 0 Å². The van der Waals surface area contributed by atoms with E-state index in [9.17, 15) is 9.90 Å². The molecule has 4 rings (SSSR count). The van der Waals surface area contributed by atoms with Crippen LogP contribution in [-0.2, 0) is 12.8 Å². The molecule has 7 heteroatoms. The van der Waals surface area contributed by atoms with Crippen molar-refractivity contribution >= 4 is 23.5 Å². The van der Waals surface area contributed by atoms with Gasteiger partial charge in [0.25, 0.3) is 0 Å². The molecule has 1 N–H and O–H groups in total. The molecule has 6 nitrogen and oxygen atoms in total. The summed E-state index contributed by atoms with van der Waals surface area (Å²) in [4.78, 5) is 23.1. The van der Waals surface area contributed by atoms with Crippen LogP contribution < -0.4 is 9.64 Å². The second-order valence-corrected chi connectivity index (χ2v) is 8.99. The quantitative estimate of drug-likeness (QED) is 0.457. The van der Waals surface area contributed by atoms with Crippen LogP contribution in [0.2, 0.25) is 5.02 Å². The summed E-state index contributed by atoms with van der Waals surface area (Å²) in [5.41, 5.74) is 2.97. The number of aryl methyl sites for hydroxylation is 2. The van der Waals surface area contributed by atoms with Crippen molar-refractivity contribution < 1.29 is 14.6 Å². The summed E-state index contributed by atoms with van der Waals surface area (Å²) in [6.45, 7) is 4.81. The average molecular weight is 466 g/mol. The molecule has 1 aliphatic rings. The van der Waals surface area contributed by atoms with Crippen LogP contribution in [0.5, 0.6) is 5.75 Å². The molecule has 1 atom stereocenters. The van der Waals surface area contributed by atoms with Gasteiger partial charge in [-0.05, 0) is 74.9 Å². The molecule has 1 aromatic heterocycles. The number of rotatable bonds is 8. The van der Waals surface area contributed by atoms with Crippen molar-refractivity contribution in [2.24, 2.45) is 0 Å². The van der Waals surface area contributed by atoms with E-state index in [4.69, 9.17) is 21.3 Å². The Morgan fingerprint density at radius 3 is 2.55 bits per heavy atom. The van der Waals surface area contributed by atoms with Crippen LogP contribution in [-0.4, -0.2) is 33.7 Å². The molecule has 1 saturated heterocycles. The van der Waals surface area contributed by atoms with Crippen LogP contribution in [0, 0.1) is 0 Å². The van der Waals surface area contributed by atoms with Crippen molar-refractivity contribution in [2.45, 2.75) is 51.7 Å². The standard InChI is InChI=1S/C26H28ClN3O3/c1-17(2)33-21-12-5-18(6-13-21)7-14-23-22(25(31)32)16-28-26(29-23)30-15-3-4-24(30)19-8-10-20(27)11-9-19/h5-6,8-13,16-17,24H,3-4,7,14-15H2,1-2H3,(H,31,32). The van der Waals surface area contributed by atoms with Gasteiger partial charge in [-0.1, -0.05) is 35.9 Å². The number of anilines is 1. The van der Waals surface area contributed by atoms with E-state index in [2.05, 4.69) is 9.88 Å². The predicted molar refractivity (Wildman–Crippen MR) is 129 cm³/mol. The maximum Gasteiger partial charge on any atom is 0.339 e. The Morgan fingerprint density at radius 2 is 1.88 bits per heavy atom. The Morgan fingerprint density at radius 1 is 1.15 bits per heavy atom. The molecule has 172 valence electrons. The van der Waals surface area contributed by atoms with Crippen molar-refractivity contribution in [3.05, 3.63) is 82.1 Å². The van der Waals surface area contributed by atoms with Crippen LogP contribution in [0.4, 0.5) is 5.95 Å². The molecular weight excluding hydrogens is 438 g/mol. The third-order valence-electron chi connectivity index (χ3n) is 5.80. The van der Waals surface area contributed by atoms with Crippen LogP contribution >= 0.6 is 11.6 Å². The molecule has 0 radical (unpaired) electrons. The lowest BCUT2D eigenvalue weighted by Gasteiger charge is -2.25. The number of hydrogen-bond donors (Lipinski definition) is 1. The second kappa shape index (κ2) is 10.2. The monoisotopic (exact) mass is 465 g/mol. The molecule has 0 spiro atoms. The molecule has 0 bridgehead atoms. The number of halogens is 1. The maximum atomic E-state index is 11.8. The number of carbonyl (C=O) groups is 1. The molecule has 1 unspecified atom stereocenters. The molecule has 1 fully saturated rings. The van der Waals surface area contributed by atoms with Gasteiger partial charge in [-0.15, -0.1) is 0 Å².